The van der Waals surface area contributed by atoms with Crippen molar-refractivity contribution >= 4 is 6.09 Å². The van der Waals surface area contributed by atoms with Crippen LogP contribution in [0.1, 0.15) is 20.3 Å². The summed E-state index contributed by atoms with van der Waals surface area (Å²) in [5.74, 6) is 0. The van der Waals surface area contributed by atoms with Gasteiger partial charge in [-0.15, -0.1) is 0 Å². The van der Waals surface area contributed by atoms with Crippen molar-refractivity contribution < 1.29 is 9.53 Å². The van der Waals surface area contributed by atoms with Gasteiger partial charge in [-0.1, -0.05) is 6.92 Å². The fourth-order valence-corrected chi connectivity index (χ4v) is 0.983. The summed E-state index contributed by atoms with van der Waals surface area (Å²) in [6.07, 6.45) is 0.796. The van der Waals surface area contributed by atoms with Crippen molar-refractivity contribution in [2.24, 2.45) is 0 Å². The van der Waals surface area contributed by atoms with Crippen LogP contribution in [0.3, 0.4) is 0 Å². The number of ether oxygens (including phenoxy) is 1. The smallest absolute Gasteiger partial charge is 0.407 e. The van der Waals surface area contributed by atoms with E-state index in [0.29, 0.717) is 13.2 Å². The van der Waals surface area contributed by atoms with Crippen molar-refractivity contribution in [3.8, 4) is 0 Å². The first-order valence-corrected chi connectivity index (χ1v) is 4.79. The van der Waals surface area contributed by atoms with Gasteiger partial charge in [-0.2, -0.15) is 0 Å². The normalized spacial score (nSPS) is 10.2. The second-order valence-electron chi connectivity index (χ2n) is 2.97. The maximum atomic E-state index is 10.8. The fourth-order valence-electron chi connectivity index (χ4n) is 0.983. The van der Waals surface area contributed by atoms with Crippen LogP contribution in [-0.4, -0.2) is 44.3 Å². The molecule has 0 aromatic heterocycles. The summed E-state index contributed by atoms with van der Waals surface area (Å²) in [4.78, 5) is 13.0. The summed E-state index contributed by atoms with van der Waals surface area (Å²) in [6.45, 7) is 6.90. The first-order valence-electron chi connectivity index (χ1n) is 4.79. The Labute approximate surface area is 80.2 Å². The third-order valence-electron chi connectivity index (χ3n) is 1.63. The highest BCUT2D eigenvalue weighted by atomic mass is 16.5. The third kappa shape index (κ3) is 7.59. The van der Waals surface area contributed by atoms with Crippen molar-refractivity contribution in [1.82, 2.24) is 10.2 Å². The Morgan fingerprint density at radius 3 is 2.62 bits per heavy atom. The molecule has 0 aromatic carbocycles. The quantitative estimate of drug-likeness (QED) is 0.678. The van der Waals surface area contributed by atoms with Crippen LogP contribution in [0.25, 0.3) is 0 Å². The Hall–Kier alpha value is -0.770. The van der Waals surface area contributed by atoms with Gasteiger partial charge in [0.2, 0.25) is 0 Å². The molecule has 4 heteroatoms. The van der Waals surface area contributed by atoms with Gasteiger partial charge in [-0.25, -0.2) is 4.79 Å². The van der Waals surface area contributed by atoms with E-state index >= 15 is 0 Å². The van der Waals surface area contributed by atoms with E-state index in [1.807, 2.05) is 14.0 Å². The first-order chi connectivity index (χ1) is 6.20. The lowest BCUT2D eigenvalue weighted by molar-refractivity contribution is 0.133. The number of carbonyl (C=O) groups is 1. The minimum Gasteiger partial charge on any atom is -0.448 e. The molecule has 0 aliphatic heterocycles. The Morgan fingerprint density at radius 2 is 2.08 bits per heavy atom. The number of alkyl carbamates (subject to hydrolysis) is 1. The van der Waals surface area contributed by atoms with Crippen LogP contribution < -0.4 is 5.32 Å². The fraction of sp³-hybridized carbons (Fsp3) is 0.889. The molecule has 0 rings (SSSR count). The van der Waals surface area contributed by atoms with E-state index in [1.165, 1.54) is 0 Å². The molecule has 0 saturated heterocycles. The molecule has 0 fully saturated rings. The van der Waals surface area contributed by atoms with Crippen LogP contribution in [0.5, 0.6) is 0 Å². The number of hydrogen-bond donors (Lipinski definition) is 1. The predicted octanol–water partition coefficient (Wildman–Crippen LogP) is 1.07. The zero-order valence-electron chi connectivity index (χ0n) is 8.80. The Bertz CT molecular complexity index is 140. The highest BCUT2D eigenvalue weighted by molar-refractivity contribution is 5.66. The van der Waals surface area contributed by atoms with Gasteiger partial charge in [0.25, 0.3) is 0 Å². The van der Waals surface area contributed by atoms with E-state index in [0.717, 1.165) is 19.5 Å². The molecule has 1 amide bonds. The van der Waals surface area contributed by atoms with Crippen molar-refractivity contribution in [1.29, 1.82) is 0 Å². The number of carbonyl (C=O) groups excluding carboxylic acids is 1. The molecule has 1 N–H and O–H groups in total. The number of hydrogen-bond acceptors (Lipinski definition) is 3. The first kappa shape index (κ1) is 12.2. The van der Waals surface area contributed by atoms with Crippen molar-refractivity contribution in [2.45, 2.75) is 20.3 Å². The van der Waals surface area contributed by atoms with Crippen molar-refractivity contribution in [3.63, 3.8) is 0 Å². The largest absolute Gasteiger partial charge is 0.448 e. The van der Waals surface area contributed by atoms with Gasteiger partial charge in [0.15, 0.2) is 0 Å². The summed E-state index contributed by atoms with van der Waals surface area (Å²) in [6, 6.07) is 0. The molecule has 0 radical (unpaired) electrons. The van der Waals surface area contributed by atoms with E-state index < -0.39 is 0 Å². The zero-order chi connectivity index (χ0) is 10.1. The summed E-state index contributed by atoms with van der Waals surface area (Å²) in [5, 5.41) is 2.57. The second kappa shape index (κ2) is 7.86. The number of nitrogens with one attached hydrogen (secondary N) is 1. The minimum atomic E-state index is -0.326. The lowest BCUT2D eigenvalue weighted by Crippen LogP contribution is -2.29. The Morgan fingerprint density at radius 1 is 1.38 bits per heavy atom. The molecule has 0 aliphatic rings. The maximum absolute atomic E-state index is 10.8. The van der Waals surface area contributed by atoms with Crippen LogP contribution in [-0.2, 0) is 4.74 Å². The van der Waals surface area contributed by atoms with Gasteiger partial charge in [0.1, 0.15) is 6.61 Å². The van der Waals surface area contributed by atoms with Crippen LogP contribution in [0.15, 0.2) is 0 Å². The monoisotopic (exact) mass is 188 g/mol. The second-order valence-corrected chi connectivity index (χ2v) is 2.97. The highest BCUT2D eigenvalue weighted by Gasteiger charge is 2.00. The minimum absolute atomic E-state index is 0.326. The Balaban J connectivity index is 3.28. The third-order valence-corrected chi connectivity index (χ3v) is 1.63. The van der Waals surface area contributed by atoms with Crippen molar-refractivity contribution in [2.75, 3.05) is 33.3 Å². The highest BCUT2D eigenvalue weighted by Crippen LogP contribution is 1.86. The lowest BCUT2D eigenvalue weighted by Gasteiger charge is -2.14. The van der Waals surface area contributed by atoms with E-state index in [4.69, 9.17) is 4.74 Å². The van der Waals surface area contributed by atoms with Crippen LogP contribution >= 0.6 is 0 Å². The molecule has 13 heavy (non-hydrogen) atoms. The molecule has 0 unspecified atom stereocenters. The SMILES string of the molecule is CCCN(C)CCOC(=O)NCC. The average molecular weight is 188 g/mol. The molecule has 0 spiro atoms. The molecule has 0 heterocycles. The molecule has 4 nitrogen and oxygen atoms in total. The van der Waals surface area contributed by atoms with Gasteiger partial charge in [0.05, 0.1) is 0 Å². The number of amides is 1. The molecule has 0 aromatic rings. The molecular formula is C9H20N2O2. The van der Waals surface area contributed by atoms with E-state index in [9.17, 15) is 4.79 Å². The van der Waals surface area contributed by atoms with Gasteiger partial charge in [-0.05, 0) is 26.9 Å². The van der Waals surface area contributed by atoms with E-state index in [2.05, 4.69) is 17.1 Å². The Kier molecular flexibility index (Phi) is 7.39. The van der Waals surface area contributed by atoms with Gasteiger partial charge >= 0.3 is 6.09 Å². The molecule has 0 atom stereocenters. The van der Waals surface area contributed by atoms with Gasteiger partial charge in [0, 0.05) is 13.1 Å². The number of rotatable bonds is 6. The van der Waals surface area contributed by atoms with Crippen LogP contribution in [0.2, 0.25) is 0 Å². The number of nitrogens with zero attached hydrogens (tertiary/aromatic N) is 1. The van der Waals surface area contributed by atoms with Crippen LogP contribution in [0, 0.1) is 0 Å². The number of likely N-dealkylation sites (N-methyl/N-ethyl adjacent to an activating group) is 1. The average Bonchev–Trinajstić information content (AvgIpc) is 2.05. The van der Waals surface area contributed by atoms with Crippen LogP contribution in [0.4, 0.5) is 4.79 Å². The lowest BCUT2D eigenvalue weighted by atomic mass is 10.4. The van der Waals surface area contributed by atoms with E-state index in [1.54, 1.807) is 0 Å². The predicted molar refractivity (Wildman–Crippen MR) is 52.8 cm³/mol. The molecule has 0 bridgehead atoms. The summed E-state index contributed by atoms with van der Waals surface area (Å²) in [7, 11) is 2.02. The van der Waals surface area contributed by atoms with Crippen molar-refractivity contribution in [3.05, 3.63) is 0 Å². The summed E-state index contributed by atoms with van der Waals surface area (Å²) in [5.41, 5.74) is 0. The molecule has 0 saturated carbocycles. The van der Waals surface area contributed by atoms with Gasteiger partial charge in [-0.3, -0.25) is 0 Å². The standard InChI is InChI=1S/C9H20N2O2/c1-4-6-11(3)7-8-13-9(12)10-5-2/h4-8H2,1-3H3,(H,10,12). The molecule has 0 aliphatic carbocycles. The maximum Gasteiger partial charge on any atom is 0.407 e. The topological polar surface area (TPSA) is 41.6 Å². The zero-order valence-corrected chi connectivity index (χ0v) is 8.80. The summed E-state index contributed by atoms with van der Waals surface area (Å²) >= 11 is 0. The summed E-state index contributed by atoms with van der Waals surface area (Å²) < 4.78 is 4.91. The van der Waals surface area contributed by atoms with E-state index in [-0.39, 0.29) is 6.09 Å². The van der Waals surface area contributed by atoms with Gasteiger partial charge < -0.3 is 15.0 Å². The molecular weight excluding hydrogens is 168 g/mol. The molecule has 78 valence electrons.